The van der Waals surface area contributed by atoms with Crippen LogP contribution in [0.25, 0.3) is 0 Å². The summed E-state index contributed by atoms with van der Waals surface area (Å²) >= 11 is 0. The summed E-state index contributed by atoms with van der Waals surface area (Å²) in [6.07, 6.45) is 5.30. The minimum absolute atomic E-state index is 0.0156. The van der Waals surface area contributed by atoms with Gasteiger partial charge < -0.3 is 23.6 Å². The first-order valence-electron chi connectivity index (χ1n) is 10.2. The van der Waals surface area contributed by atoms with Crippen LogP contribution in [0, 0.1) is 0 Å². The Bertz CT molecular complexity index is 992. The third kappa shape index (κ3) is 5.40. The Kier molecular flexibility index (Phi) is 6.78. The smallest absolute Gasteiger partial charge is 0.276 e. The summed E-state index contributed by atoms with van der Waals surface area (Å²) in [6, 6.07) is 12.8. The molecule has 0 N–H and O–H groups in total. The monoisotopic (exact) mass is 423 g/mol. The number of carbonyl (C=O) groups is 1. The second-order valence-corrected chi connectivity index (χ2v) is 7.31. The first-order chi connectivity index (χ1) is 15.2. The number of pyridine rings is 1. The molecule has 1 aromatic carbocycles. The van der Waals surface area contributed by atoms with Gasteiger partial charge in [-0.05, 0) is 36.6 Å². The van der Waals surface area contributed by atoms with Crippen LogP contribution in [-0.4, -0.2) is 47.3 Å². The molecule has 0 spiro atoms. The number of piperidine rings is 1. The van der Waals surface area contributed by atoms with E-state index in [1.807, 2.05) is 30.3 Å². The molecular formula is C23H25N3O5. The van der Waals surface area contributed by atoms with Crippen LogP contribution in [0.15, 0.2) is 59.4 Å². The molecule has 1 aliphatic heterocycles. The molecular weight excluding hydrogens is 398 g/mol. The van der Waals surface area contributed by atoms with Crippen molar-refractivity contribution >= 4 is 5.91 Å². The van der Waals surface area contributed by atoms with Crippen molar-refractivity contribution in [2.45, 2.75) is 32.2 Å². The van der Waals surface area contributed by atoms with E-state index >= 15 is 0 Å². The molecule has 8 heteroatoms. The molecule has 162 valence electrons. The van der Waals surface area contributed by atoms with Crippen molar-refractivity contribution in [1.29, 1.82) is 0 Å². The highest BCUT2D eigenvalue weighted by molar-refractivity contribution is 5.92. The number of aromatic nitrogens is 2. The minimum atomic E-state index is -0.165. The molecule has 1 atom stereocenters. The molecule has 3 heterocycles. The molecule has 0 aliphatic carbocycles. The number of rotatable bonds is 8. The van der Waals surface area contributed by atoms with E-state index in [0.29, 0.717) is 37.0 Å². The van der Waals surface area contributed by atoms with Gasteiger partial charge in [0.15, 0.2) is 23.0 Å². The summed E-state index contributed by atoms with van der Waals surface area (Å²) in [5.41, 5.74) is 1.29. The fraction of sp³-hybridized carbons (Fsp3) is 0.348. The van der Waals surface area contributed by atoms with Gasteiger partial charge in [0.1, 0.15) is 6.61 Å². The van der Waals surface area contributed by atoms with E-state index in [2.05, 4.69) is 10.1 Å². The first-order valence-corrected chi connectivity index (χ1v) is 10.2. The van der Waals surface area contributed by atoms with Crippen LogP contribution in [0.3, 0.4) is 0 Å². The fourth-order valence-electron chi connectivity index (χ4n) is 3.49. The van der Waals surface area contributed by atoms with Gasteiger partial charge in [0.25, 0.3) is 5.91 Å². The third-order valence-electron chi connectivity index (χ3n) is 5.09. The predicted molar refractivity (Wildman–Crippen MR) is 112 cm³/mol. The summed E-state index contributed by atoms with van der Waals surface area (Å²) < 4.78 is 22.3. The average Bonchev–Trinajstić information content (AvgIpc) is 3.31. The highest BCUT2D eigenvalue weighted by Gasteiger charge is 2.27. The molecule has 0 unspecified atom stereocenters. The molecule has 1 saturated heterocycles. The van der Waals surface area contributed by atoms with Gasteiger partial charge >= 0.3 is 0 Å². The van der Waals surface area contributed by atoms with E-state index in [1.165, 1.54) is 0 Å². The van der Waals surface area contributed by atoms with Gasteiger partial charge in [-0.2, -0.15) is 0 Å². The van der Waals surface area contributed by atoms with Crippen molar-refractivity contribution in [2.24, 2.45) is 0 Å². The lowest BCUT2D eigenvalue weighted by Crippen LogP contribution is -2.43. The Morgan fingerprint density at radius 3 is 2.87 bits per heavy atom. The van der Waals surface area contributed by atoms with Gasteiger partial charge in [-0.15, -0.1) is 0 Å². The molecule has 0 saturated carbocycles. The maximum Gasteiger partial charge on any atom is 0.276 e. The van der Waals surface area contributed by atoms with Gasteiger partial charge in [-0.3, -0.25) is 9.78 Å². The lowest BCUT2D eigenvalue weighted by Gasteiger charge is -2.32. The minimum Gasteiger partial charge on any atom is -0.493 e. The maximum absolute atomic E-state index is 12.9. The zero-order chi connectivity index (χ0) is 21.5. The molecule has 8 nitrogen and oxygen atoms in total. The van der Waals surface area contributed by atoms with Crippen LogP contribution in [0.5, 0.6) is 11.5 Å². The van der Waals surface area contributed by atoms with E-state index in [4.69, 9.17) is 18.7 Å². The summed E-state index contributed by atoms with van der Waals surface area (Å²) in [6.45, 7) is 1.83. The Hall–Kier alpha value is -3.39. The number of hydrogen-bond acceptors (Lipinski definition) is 7. The molecule has 2 aromatic heterocycles. The third-order valence-corrected chi connectivity index (χ3v) is 5.09. The summed E-state index contributed by atoms with van der Waals surface area (Å²) in [4.78, 5) is 18.7. The Morgan fingerprint density at radius 1 is 1.19 bits per heavy atom. The van der Waals surface area contributed by atoms with E-state index in [0.717, 1.165) is 18.4 Å². The number of methoxy groups -OCH3 is 1. The van der Waals surface area contributed by atoms with Crippen LogP contribution in [-0.2, 0) is 18.0 Å². The standard InChI is InChI=1S/C23H25N3O5/c1-28-21-8-2-3-9-22(21)30-16-19-12-20(25-31-19)23(27)26-11-5-7-18(14-26)29-15-17-6-4-10-24-13-17/h2-4,6,8-10,12-13,18H,5,7,11,14-16H2,1H3/t18-/m0/s1. The molecule has 1 aliphatic rings. The topological polar surface area (TPSA) is 86.9 Å². The zero-order valence-corrected chi connectivity index (χ0v) is 17.4. The highest BCUT2D eigenvalue weighted by atomic mass is 16.5. The molecule has 0 radical (unpaired) electrons. The fourth-order valence-corrected chi connectivity index (χ4v) is 3.49. The molecule has 3 aromatic rings. The summed E-state index contributed by atoms with van der Waals surface area (Å²) in [7, 11) is 1.58. The lowest BCUT2D eigenvalue weighted by molar-refractivity contribution is -0.00707. The van der Waals surface area contributed by atoms with E-state index < -0.39 is 0 Å². The Balaban J connectivity index is 1.31. The molecule has 1 amide bonds. The van der Waals surface area contributed by atoms with E-state index in [-0.39, 0.29) is 24.3 Å². The van der Waals surface area contributed by atoms with Gasteiger partial charge in [0.05, 0.1) is 19.8 Å². The van der Waals surface area contributed by atoms with E-state index in [9.17, 15) is 4.79 Å². The number of amides is 1. The Morgan fingerprint density at radius 2 is 2.06 bits per heavy atom. The van der Waals surface area contributed by atoms with Crippen molar-refractivity contribution in [3.05, 3.63) is 71.9 Å². The van der Waals surface area contributed by atoms with Crippen molar-refractivity contribution in [1.82, 2.24) is 15.0 Å². The van der Waals surface area contributed by atoms with Gasteiger partial charge in [-0.25, -0.2) is 0 Å². The van der Waals surface area contributed by atoms with Gasteiger partial charge in [-0.1, -0.05) is 23.4 Å². The zero-order valence-electron chi connectivity index (χ0n) is 17.4. The Labute approximate surface area is 180 Å². The molecule has 31 heavy (non-hydrogen) atoms. The summed E-state index contributed by atoms with van der Waals surface area (Å²) in [5.74, 6) is 1.53. The van der Waals surface area contributed by atoms with Crippen molar-refractivity contribution in [3.8, 4) is 11.5 Å². The average molecular weight is 423 g/mol. The van der Waals surface area contributed by atoms with Crippen LogP contribution < -0.4 is 9.47 Å². The van der Waals surface area contributed by atoms with Crippen molar-refractivity contribution in [3.63, 3.8) is 0 Å². The van der Waals surface area contributed by atoms with Crippen LogP contribution in [0.1, 0.15) is 34.7 Å². The first kappa shape index (κ1) is 20.9. The maximum atomic E-state index is 12.9. The number of hydrogen-bond donors (Lipinski definition) is 0. The number of carbonyl (C=O) groups excluding carboxylic acids is 1. The number of nitrogens with zero attached hydrogens (tertiary/aromatic N) is 3. The van der Waals surface area contributed by atoms with Crippen molar-refractivity contribution < 1.29 is 23.5 Å². The SMILES string of the molecule is COc1ccccc1OCc1cc(C(=O)N2CCC[C@H](OCc3cccnc3)C2)no1. The van der Waals surface area contributed by atoms with Gasteiger partial charge in [0.2, 0.25) is 0 Å². The highest BCUT2D eigenvalue weighted by Crippen LogP contribution is 2.27. The predicted octanol–water partition coefficient (Wildman–Crippen LogP) is 3.48. The quantitative estimate of drug-likeness (QED) is 0.548. The molecule has 1 fully saturated rings. The number of para-hydroxylation sites is 2. The second-order valence-electron chi connectivity index (χ2n) is 7.31. The largest absolute Gasteiger partial charge is 0.493 e. The molecule has 4 rings (SSSR count). The number of benzene rings is 1. The second kappa shape index (κ2) is 10.1. The van der Waals surface area contributed by atoms with Crippen molar-refractivity contribution in [2.75, 3.05) is 20.2 Å². The van der Waals surface area contributed by atoms with Gasteiger partial charge in [0, 0.05) is 31.5 Å². The molecule has 0 bridgehead atoms. The summed E-state index contributed by atoms with van der Waals surface area (Å²) in [5, 5.41) is 3.94. The normalized spacial score (nSPS) is 16.2. The van der Waals surface area contributed by atoms with Crippen LogP contribution in [0.2, 0.25) is 0 Å². The van der Waals surface area contributed by atoms with Crippen LogP contribution >= 0.6 is 0 Å². The number of ether oxygens (including phenoxy) is 3. The van der Waals surface area contributed by atoms with E-state index in [1.54, 1.807) is 36.5 Å². The van der Waals surface area contributed by atoms with Crippen LogP contribution in [0.4, 0.5) is 0 Å². The lowest BCUT2D eigenvalue weighted by atomic mass is 10.1. The number of likely N-dealkylation sites (tertiary alicyclic amines) is 1.